The molecule has 7 N–H and O–H groups in total. The van der Waals surface area contributed by atoms with Crippen LogP contribution >= 0.6 is 22.7 Å². The van der Waals surface area contributed by atoms with Gasteiger partial charge in [-0.15, -0.1) is 22.7 Å². The van der Waals surface area contributed by atoms with Crippen LogP contribution in [0.3, 0.4) is 0 Å². The Labute approximate surface area is 287 Å². The highest BCUT2D eigenvalue weighted by Crippen LogP contribution is 2.25. The molecule has 3 heterocycles. The van der Waals surface area contributed by atoms with E-state index in [4.69, 9.17) is 10.5 Å². The molecule has 258 valence electrons. The van der Waals surface area contributed by atoms with E-state index < -0.39 is 60.1 Å². The number of rotatable bonds is 15. The maximum absolute atomic E-state index is 13.5. The Morgan fingerprint density at radius 1 is 0.958 bits per heavy atom. The summed E-state index contributed by atoms with van der Waals surface area (Å²) in [6, 6.07) is 6.18. The quantitative estimate of drug-likeness (QED) is 0.137. The molecule has 0 fully saturated rings. The SMILES string of the molecule is CN[C@H](C(=O)N[C@H](Cc1ccccc1)c1nc(C(=O)N[C@H](C2=NC(C(=O)N[C@H](C)c3nc(C(N)=O)cs3)[C@@H](C)O2)C(C)C)cs1)[C@@H](C)O. The summed E-state index contributed by atoms with van der Waals surface area (Å²) in [5.74, 6) is -1.81. The molecule has 0 saturated carbocycles. The monoisotopic (exact) mass is 698 g/mol. The minimum atomic E-state index is -0.926. The van der Waals surface area contributed by atoms with Gasteiger partial charge in [-0.3, -0.25) is 19.2 Å². The van der Waals surface area contributed by atoms with E-state index in [2.05, 4.69) is 36.2 Å². The van der Waals surface area contributed by atoms with Gasteiger partial charge in [0.05, 0.1) is 18.2 Å². The molecule has 48 heavy (non-hydrogen) atoms. The molecular formula is C32H42N8O6S2. The zero-order chi connectivity index (χ0) is 35.1. The third kappa shape index (κ3) is 9.00. The third-order valence-corrected chi connectivity index (χ3v) is 9.72. The molecule has 1 aromatic carbocycles. The molecular weight excluding hydrogens is 657 g/mol. The predicted molar refractivity (Wildman–Crippen MR) is 183 cm³/mol. The van der Waals surface area contributed by atoms with Crippen molar-refractivity contribution in [1.29, 1.82) is 0 Å². The summed E-state index contributed by atoms with van der Waals surface area (Å²) in [5, 5.41) is 25.9. The summed E-state index contributed by atoms with van der Waals surface area (Å²) in [7, 11) is 1.60. The van der Waals surface area contributed by atoms with Gasteiger partial charge in [0.15, 0.2) is 6.04 Å². The van der Waals surface area contributed by atoms with Gasteiger partial charge in [-0.05, 0) is 45.7 Å². The fraction of sp³-hybridized carbons (Fsp3) is 0.469. The smallest absolute Gasteiger partial charge is 0.271 e. The Hall–Kier alpha value is -4.25. The fourth-order valence-electron chi connectivity index (χ4n) is 5.10. The van der Waals surface area contributed by atoms with Gasteiger partial charge in [0.25, 0.3) is 11.8 Å². The molecule has 0 aliphatic carbocycles. The van der Waals surface area contributed by atoms with E-state index in [-0.39, 0.29) is 29.1 Å². The average Bonchev–Trinajstić information content (AvgIpc) is 3.80. The van der Waals surface area contributed by atoms with Crippen molar-refractivity contribution in [3.05, 3.63) is 68.1 Å². The minimum Gasteiger partial charge on any atom is -0.474 e. The molecule has 3 aromatic rings. The van der Waals surface area contributed by atoms with Crippen LogP contribution in [0.2, 0.25) is 0 Å². The predicted octanol–water partition coefficient (Wildman–Crippen LogP) is 1.88. The van der Waals surface area contributed by atoms with E-state index in [1.807, 2.05) is 44.2 Å². The maximum atomic E-state index is 13.5. The number of primary amides is 1. The number of aromatic nitrogens is 2. The average molecular weight is 699 g/mol. The van der Waals surface area contributed by atoms with Crippen molar-refractivity contribution in [2.45, 2.75) is 83.5 Å². The zero-order valence-corrected chi connectivity index (χ0v) is 29.2. The van der Waals surface area contributed by atoms with Crippen LogP contribution in [-0.2, 0) is 20.7 Å². The number of carbonyl (C=O) groups excluding carboxylic acids is 4. The number of hydrogen-bond acceptors (Lipinski definition) is 12. The van der Waals surface area contributed by atoms with Crippen molar-refractivity contribution in [3.8, 4) is 0 Å². The van der Waals surface area contributed by atoms with Crippen molar-refractivity contribution in [1.82, 2.24) is 31.2 Å². The Kier molecular flexibility index (Phi) is 12.4. The first-order valence-electron chi connectivity index (χ1n) is 15.5. The first-order chi connectivity index (χ1) is 22.8. The van der Waals surface area contributed by atoms with Crippen molar-refractivity contribution < 1.29 is 29.0 Å². The number of thiazole rings is 2. The largest absolute Gasteiger partial charge is 0.474 e. The molecule has 0 saturated heterocycles. The highest BCUT2D eigenvalue weighted by molar-refractivity contribution is 7.10. The van der Waals surface area contributed by atoms with Gasteiger partial charge in [0, 0.05) is 10.8 Å². The number of nitrogens with two attached hydrogens (primary N) is 1. The summed E-state index contributed by atoms with van der Waals surface area (Å²) < 4.78 is 5.99. The third-order valence-electron chi connectivity index (χ3n) is 7.74. The number of benzene rings is 1. The lowest BCUT2D eigenvalue weighted by Crippen LogP contribution is -2.50. The molecule has 1 aliphatic heterocycles. The number of ether oxygens (including phenoxy) is 1. The fourth-order valence-corrected chi connectivity index (χ4v) is 6.76. The Morgan fingerprint density at radius 3 is 2.21 bits per heavy atom. The van der Waals surface area contributed by atoms with E-state index in [9.17, 15) is 24.3 Å². The van der Waals surface area contributed by atoms with Crippen molar-refractivity contribution >= 4 is 52.2 Å². The number of carbonyl (C=O) groups is 4. The minimum absolute atomic E-state index is 0.131. The number of nitrogens with zero attached hydrogens (tertiary/aromatic N) is 3. The standard InChI is InChI=1S/C32H42N8O6S2/c1-15(2)23(30-40-25(18(5)46-30)29(45)35-16(3)31-37-21(13-47-31)26(33)42)39-27(43)22-14-48-32(38-22)20(12-19-10-8-7-9-11-19)36-28(44)24(34-6)17(4)41/h7-11,13-18,20,23-25,34,41H,12H2,1-6H3,(H2,33,42)(H,35,45)(H,36,44)(H,39,43)/t16-,17-,18-,20-,23+,24+,25?/m1/s1. The number of likely N-dealkylation sites (N-methyl/N-ethyl adjacent to an activating group) is 1. The summed E-state index contributed by atoms with van der Waals surface area (Å²) >= 11 is 2.46. The molecule has 7 atom stereocenters. The first kappa shape index (κ1) is 36.6. The molecule has 4 rings (SSSR count). The molecule has 0 bridgehead atoms. The first-order valence-corrected chi connectivity index (χ1v) is 17.3. The number of aliphatic hydroxyl groups is 1. The molecule has 14 nitrogen and oxygen atoms in total. The van der Waals surface area contributed by atoms with Gasteiger partial charge < -0.3 is 36.8 Å². The van der Waals surface area contributed by atoms with Gasteiger partial charge in [0.1, 0.15) is 39.6 Å². The molecule has 16 heteroatoms. The van der Waals surface area contributed by atoms with E-state index in [1.165, 1.54) is 35.0 Å². The highest BCUT2D eigenvalue weighted by Gasteiger charge is 2.39. The Balaban J connectivity index is 1.47. The summed E-state index contributed by atoms with van der Waals surface area (Å²) in [6.45, 7) is 8.79. The molecule has 2 aromatic heterocycles. The number of hydrogen-bond donors (Lipinski definition) is 6. The van der Waals surface area contributed by atoms with Gasteiger partial charge in [0.2, 0.25) is 17.7 Å². The van der Waals surface area contributed by atoms with Crippen LogP contribution in [0.1, 0.15) is 83.3 Å². The van der Waals surface area contributed by atoms with E-state index in [1.54, 1.807) is 26.3 Å². The van der Waals surface area contributed by atoms with Crippen LogP contribution in [0.5, 0.6) is 0 Å². The van der Waals surface area contributed by atoms with Crippen LogP contribution in [0.25, 0.3) is 0 Å². The van der Waals surface area contributed by atoms with Crippen LogP contribution in [0.15, 0.2) is 46.1 Å². The molecule has 0 radical (unpaired) electrons. The van der Waals surface area contributed by atoms with Crippen LogP contribution in [0, 0.1) is 5.92 Å². The van der Waals surface area contributed by atoms with Crippen LogP contribution in [-0.4, -0.2) is 82.0 Å². The van der Waals surface area contributed by atoms with Gasteiger partial charge in [-0.1, -0.05) is 44.2 Å². The normalized spacial score (nSPS) is 19.0. The van der Waals surface area contributed by atoms with E-state index >= 15 is 0 Å². The summed E-state index contributed by atoms with van der Waals surface area (Å²) in [4.78, 5) is 64.5. The van der Waals surface area contributed by atoms with Crippen molar-refractivity contribution in [3.63, 3.8) is 0 Å². The lowest BCUT2D eigenvalue weighted by molar-refractivity contribution is -0.126. The van der Waals surface area contributed by atoms with Gasteiger partial charge in [-0.25, -0.2) is 15.0 Å². The second-order valence-corrected chi connectivity index (χ2v) is 13.7. The maximum Gasteiger partial charge on any atom is 0.271 e. The number of nitrogens with one attached hydrogen (secondary N) is 4. The number of aliphatic hydroxyl groups excluding tert-OH is 1. The molecule has 0 spiro atoms. The summed E-state index contributed by atoms with van der Waals surface area (Å²) in [6.07, 6.45) is -1.10. The van der Waals surface area contributed by atoms with Gasteiger partial charge >= 0.3 is 0 Å². The van der Waals surface area contributed by atoms with Crippen LogP contribution in [0.4, 0.5) is 0 Å². The van der Waals surface area contributed by atoms with Crippen molar-refractivity contribution in [2.24, 2.45) is 16.6 Å². The van der Waals surface area contributed by atoms with E-state index in [0.29, 0.717) is 16.4 Å². The summed E-state index contributed by atoms with van der Waals surface area (Å²) in [5.41, 5.74) is 6.54. The van der Waals surface area contributed by atoms with Crippen molar-refractivity contribution in [2.75, 3.05) is 7.05 Å². The van der Waals surface area contributed by atoms with Gasteiger partial charge in [-0.2, -0.15) is 0 Å². The highest BCUT2D eigenvalue weighted by atomic mass is 32.1. The number of aliphatic imine (C=N–C) groups is 1. The lowest BCUT2D eigenvalue weighted by Gasteiger charge is -2.23. The Bertz CT molecular complexity index is 1620. The topological polar surface area (TPSA) is 210 Å². The second-order valence-electron chi connectivity index (χ2n) is 11.9. The van der Waals surface area contributed by atoms with Crippen LogP contribution < -0.4 is 27.0 Å². The second kappa shape index (κ2) is 16.2. The molecule has 1 unspecified atom stereocenters. The lowest BCUT2D eigenvalue weighted by atomic mass is 10.0. The molecule has 4 amide bonds. The Morgan fingerprint density at radius 2 is 1.60 bits per heavy atom. The molecule has 1 aliphatic rings. The number of amides is 4. The zero-order valence-electron chi connectivity index (χ0n) is 27.6. The van der Waals surface area contributed by atoms with E-state index in [0.717, 1.165) is 5.56 Å².